The SMILES string of the molecule is CCCC(=O)O[C@@]1(C)C(=O)C2=CN(C)[C@@]3(CCCO3)[C@H](O)C2=C(Cl)C1=O. The van der Waals surface area contributed by atoms with Crippen molar-refractivity contribution < 1.29 is 29.0 Å². The quantitative estimate of drug-likeness (QED) is 0.582. The van der Waals surface area contributed by atoms with Gasteiger partial charge in [0.05, 0.1) is 5.03 Å². The second-order valence-electron chi connectivity index (χ2n) is 7.00. The lowest BCUT2D eigenvalue weighted by atomic mass is 9.74. The van der Waals surface area contributed by atoms with E-state index in [0.717, 1.165) is 6.42 Å². The molecule has 1 aliphatic carbocycles. The number of halogens is 1. The highest BCUT2D eigenvalue weighted by atomic mass is 35.5. The smallest absolute Gasteiger partial charge is 0.307 e. The third-order valence-corrected chi connectivity index (χ3v) is 5.64. The van der Waals surface area contributed by atoms with Crippen LogP contribution in [0.1, 0.15) is 39.5 Å². The van der Waals surface area contributed by atoms with Gasteiger partial charge < -0.3 is 19.5 Å². The van der Waals surface area contributed by atoms with Crippen molar-refractivity contribution in [3.05, 3.63) is 22.4 Å². The van der Waals surface area contributed by atoms with Gasteiger partial charge in [-0.25, -0.2) is 0 Å². The van der Waals surface area contributed by atoms with E-state index in [4.69, 9.17) is 21.1 Å². The maximum absolute atomic E-state index is 13.0. The molecule has 0 bridgehead atoms. The number of hydrogen-bond acceptors (Lipinski definition) is 7. The summed E-state index contributed by atoms with van der Waals surface area (Å²) in [6.07, 6.45) is 2.14. The minimum Gasteiger partial charge on any atom is -0.442 e. The fourth-order valence-corrected chi connectivity index (χ4v) is 4.15. The number of ketones is 2. The summed E-state index contributed by atoms with van der Waals surface area (Å²) < 4.78 is 11.0. The Hall–Kier alpha value is -1.70. The third-order valence-electron chi connectivity index (χ3n) is 5.26. The van der Waals surface area contributed by atoms with Gasteiger partial charge in [0.15, 0.2) is 5.72 Å². The minimum absolute atomic E-state index is 0.0469. The number of aliphatic hydroxyl groups excluding tert-OH is 1. The summed E-state index contributed by atoms with van der Waals surface area (Å²) in [5, 5.41) is 10.6. The number of carbonyl (C=O) groups excluding carboxylic acids is 3. The van der Waals surface area contributed by atoms with E-state index in [-0.39, 0.29) is 22.6 Å². The van der Waals surface area contributed by atoms with Gasteiger partial charge in [-0.2, -0.15) is 0 Å². The van der Waals surface area contributed by atoms with E-state index >= 15 is 0 Å². The molecular formula is C18H22ClNO6. The molecule has 2 heterocycles. The standard InChI is InChI=1S/C18H22ClNO6/c1-4-6-11(21)26-17(2)14(22)10-9-20(3)18(7-5-8-25-18)15(23)12(10)13(19)16(17)24/h9,15,23H,4-8H2,1-3H3/t15-,17+,18-/m1/s1. The van der Waals surface area contributed by atoms with Crippen molar-refractivity contribution in [3.63, 3.8) is 0 Å². The number of rotatable bonds is 3. The van der Waals surface area contributed by atoms with Crippen LogP contribution in [0.15, 0.2) is 22.4 Å². The van der Waals surface area contributed by atoms with Crippen LogP contribution in [-0.2, 0) is 23.9 Å². The second kappa shape index (κ2) is 6.48. The Bertz CT molecular complexity index is 736. The van der Waals surface area contributed by atoms with Crippen molar-refractivity contribution in [3.8, 4) is 0 Å². The summed E-state index contributed by atoms with van der Waals surface area (Å²) in [7, 11) is 1.69. The molecule has 0 aromatic rings. The molecule has 8 heteroatoms. The van der Waals surface area contributed by atoms with Crippen LogP contribution in [0.3, 0.4) is 0 Å². The van der Waals surface area contributed by atoms with Crippen LogP contribution in [0.2, 0.25) is 0 Å². The van der Waals surface area contributed by atoms with Crippen LogP contribution in [0.5, 0.6) is 0 Å². The Balaban J connectivity index is 2.08. The Morgan fingerprint density at radius 1 is 1.46 bits per heavy atom. The molecule has 3 rings (SSSR count). The first kappa shape index (κ1) is 19.1. The van der Waals surface area contributed by atoms with Gasteiger partial charge in [-0.05, 0) is 19.8 Å². The molecule has 0 aromatic heterocycles. The summed E-state index contributed by atoms with van der Waals surface area (Å²) in [4.78, 5) is 39.4. The van der Waals surface area contributed by atoms with Crippen molar-refractivity contribution in [2.45, 2.75) is 57.0 Å². The van der Waals surface area contributed by atoms with Crippen molar-refractivity contribution in [1.29, 1.82) is 0 Å². The van der Waals surface area contributed by atoms with Crippen LogP contribution >= 0.6 is 11.6 Å². The van der Waals surface area contributed by atoms with E-state index in [1.165, 1.54) is 13.1 Å². The number of Topliss-reactive ketones (excluding diaryl/α,β-unsaturated/α-hetero) is 2. The Morgan fingerprint density at radius 3 is 2.73 bits per heavy atom. The van der Waals surface area contributed by atoms with Crippen molar-refractivity contribution in [1.82, 2.24) is 4.90 Å². The molecular weight excluding hydrogens is 362 g/mol. The molecule has 1 N–H and O–H groups in total. The predicted molar refractivity (Wildman–Crippen MR) is 92.1 cm³/mol. The van der Waals surface area contributed by atoms with Gasteiger partial charge in [-0.15, -0.1) is 0 Å². The summed E-state index contributed by atoms with van der Waals surface area (Å²) in [6.45, 7) is 3.49. The lowest BCUT2D eigenvalue weighted by Gasteiger charge is -2.47. The normalized spacial score (nSPS) is 34.3. The zero-order valence-electron chi connectivity index (χ0n) is 15.0. The highest BCUT2D eigenvalue weighted by Gasteiger charge is 2.59. The molecule has 3 aliphatic rings. The number of esters is 1. The maximum Gasteiger partial charge on any atom is 0.307 e. The van der Waals surface area contributed by atoms with Gasteiger partial charge in [0.2, 0.25) is 17.2 Å². The van der Waals surface area contributed by atoms with E-state index < -0.39 is 35.0 Å². The summed E-state index contributed by atoms with van der Waals surface area (Å²) in [5.74, 6) is -2.16. The highest BCUT2D eigenvalue weighted by molar-refractivity contribution is 6.49. The van der Waals surface area contributed by atoms with Gasteiger partial charge in [0.25, 0.3) is 0 Å². The predicted octanol–water partition coefficient (Wildman–Crippen LogP) is 1.43. The van der Waals surface area contributed by atoms with Crippen LogP contribution in [-0.4, -0.2) is 58.6 Å². The number of nitrogens with zero attached hydrogens (tertiary/aromatic N) is 1. The van der Waals surface area contributed by atoms with Crippen molar-refractivity contribution >= 4 is 29.1 Å². The molecule has 0 aromatic carbocycles. The van der Waals surface area contributed by atoms with E-state index in [1.807, 2.05) is 0 Å². The minimum atomic E-state index is -2.03. The largest absolute Gasteiger partial charge is 0.442 e. The number of fused-ring (bicyclic) bond motifs is 1. The Morgan fingerprint density at radius 2 is 2.15 bits per heavy atom. The molecule has 0 radical (unpaired) electrons. The van der Waals surface area contributed by atoms with Gasteiger partial charge in [0, 0.05) is 43.8 Å². The number of aliphatic hydroxyl groups is 1. The van der Waals surface area contributed by atoms with Crippen LogP contribution in [0, 0.1) is 0 Å². The van der Waals surface area contributed by atoms with E-state index in [9.17, 15) is 19.5 Å². The number of likely N-dealkylation sites (N-methyl/N-ethyl adjacent to an activating group) is 1. The van der Waals surface area contributed by atoms with Crippen LogP contribution in [0.25, 0.3) is 0 Å². The average Bonchev–Trinajstić information content (AvgIpc) is 3.08. The first-order chi connectivity index (χ1) is 12.2. The van der Waals surface area contributed by atoms with Gasteiger partial charge in [-0.3, -0.25) is 14.4 Å². The molecule has 7 nitrogen and oxygen atoms in total. The zero-order valence-corrected chi connectivity index (χ0v) is 15.8. The van der Waals surface area contributed by atoms with Gasteiger partial charge in [-0.1, -0.05) is 18.5 Å². The Kier molecular flexibility index (Phi) is 4.75. The second-order valence-corrected chi connectivity index (χ2v) is 7.37. The lowest BCUT2D eigenvalue weighted by Crippen LogP contribution is -2.61. The molecule has 0 amide bonds. The topological polar surface area (TPSA) is 93.1 Å². The van der Waals surface area contributed by atoms with Gasteiger partial charge >= 0.3 is 5.97 Å². The fraction of sp³-hybridized carbons (Fsp3) is 0.611. The summed E-state index contributed by atoms with van der Waals surface area (Å²) in [5.41, 5.74) is -2.96. The van der Waals surface area contributed by atoms with Gasteiger partial charge in [0.1, 0.15) is 6.10 Å². The highest BCUT2D eigenvalue weighted by Crippen LogP contribution is 2.46. The number of ether oxygens (including phenoxy) is 2. The lowest BCUT2D eigenvalue weighted by molar-refractivity contribution is -0.172. The molecule has 3 atom stereocenters. The summed E-state index contributed by atoms with van der Waals surface area (Å²) >= 11 is 6.27. The average molecular weight is 384 g/mol. The first-order valence-corrected chi connectivity index (χ1v) is 9.05. The molecule has 142 valence electrons. The van der Waals surface area contributed by atoms with E-state index in [1.54, 1.807) is 18.9 Å². The van der Waals surface area contributed by atoms with Crippen molar-refractivity contribution in [2.75, 3.05) is 13.7 Å². The molecule has 1 fully saturated rings. The molecule has 2 aliphatic heterocycles. The fourth-order valence-electron chi connectivity index (χ4n) is 3.77. The maximum atomic E-state index is 13.0. The molecule has 1 spiro atoms. The van der Waals surface area contributed by atoms with Crippen LogP contribution in [0.4, 0.5) is 0 Å². The molecule has 0 unspecified atom stereocenters. The first-order valence-electron chi connectivity index (χ1n) is 8.67. The number of carbonyl (C=O) groups is 3. The van der Waals surface area contributed by atoms with Crippen LogP contribution < -0.4 is 0 Å². The Labute approximate surface area is 156 Å². The molecule has 0 saturated carbocycles. The monoisotopic (exact) mass is 383 g/mol. The molecule has 26 heavy (non-hydrogen) atoms. The number of hydrogen-bond donors (Lipinski definition) is 1. The van der Waals surface area contributed by atoms with E-state index in [0.29, 0.717) is 19.4 Å². The zero-order chi connectivity index (χ0) is 19.3. The molecule has 1 saturated heterocycles. The van der Waals surface area contributed by atoms with Crippen molar-refractivity contribution in [2.24, 2.45) is 0 Å². The third kappa shape index (κ3) is 2.52. The van der Waals surface area contributed by atoms with E-state index in [2.05, 4.69) is 0 Å². The summed E-state index contributed by atoms with van der Waals surface area (Å²) in [6, 6.07) is 0.